The predicted octanol–water partition coefficient (Wildman–Crippen LogP) is 1.81. The zero-order valence-corrected chi connectivity index (χ0v) is 9.68. The van der Waals surface area contributed by atoms with Gasteiger partial charge in [0.15, 0.2) is 0 Å². The molecule has 0 aromatic heterocycles. The van der Waals surface area contributed by atoms with E-state index in [9.17, 15) is 4.79 Å². The second-order valence-electron chi connectivity index (χ2n) is 3.95. The number of hydrogen-bond donors (Lipinski definition) is 2. The highest BCUT2D eigenvalue weighted by atomic mass is 16.2. The van der Waals surface area contributed by atoms with Crippen LogP contribution in [0.4, 0.5) is 0 Å². The summed E-state index contributed by atoms with van der Waals surface area (Å²) in [6, 6.07) is -0.0746. The highest BCUT2D eigenvalue weighted by molar-refractivity contribution is 5.81. The second kappa shape index (κ2) is 7.80. The summed E-state index contributed by atoms with van der Waals surface area (Å²) in [6.45, 7) is 6.23. The van der Waals surface area contributed by atoms with Crippen LogP contribution >= 0.6 is 0 Å². The standard InChI is InChI=1S/C11H24N2O/c1-4-6-8-10(12)11(14)13-9(3)7-5-2/h9-10H,4-8,12H2,1-3H3,(H,13,14)/t9?,10-/m0/s1. The number of amides is 1. The minimum atomic E-state index is -0.325. The molecule has 0 aromatic carbocycles. The van der Waals surface area contributed by atoms with Gasteiger partial charge in [-0.1, -0.05) is 33.1 Å². The lowest BCUT2D eigenvalue weighted by Crippen LogP contribution is -2.44. The zero-order chi connectivity index (χ0) is 11.0. The van der Waals surface area contributed by atoms with Gasteiger partial charge in [0.1, 0.15) is 0 Å². The zero-order valence-electron chi connectivity index (χ0n) is 9.68. The second-order valence-corrected chi connectivity index (χ2v) is 3.95. The van der Waals surface area contributed by atoms with Crippen molar-refractivity contribution in [2.45, 2.75) is 65.0 Å². The Morgan fingerprint density at radius 1 is 1.29 bits per heavy atom. The number of hydrogen-bond acceptors (Lipinski definition) is 2. The lowest BCUT2D eigenvalue weighted by molar-refractivity contribution is -0.123. The highest BCUT2D eigenvalue weighted by Crippen LogP contribution is 2.00. The molecule has 0 aliphatic rings. The van der Waals surface area contributed by atoms with Crippen molar-refractivity contribution in [3.8, 4) is 0 Å². The fourth-order valence-electron chi connectivity index (χ4n) is 1.41. The van der Waals surface area contributed by atoms with Gasteiger partial charge in [0.2, 0.25) is 5.91 Å². The van der Waals surface area contributed by atoms with Crippen molar-refractivity contribution in [3.05, 3.63) is 0 Å². The summed E-state index contributed by atoms with van der Waals surface area (Å²) < 4.78 is 0. The van der Waals surface area contributed by atoms with E-state index in [4.69, 9.17) is 5.73 Å². The molecule has 0 saturated heterocycles. The van der Waals surface area contributed by atoms with Crippen LogP contribution in [0.2, 0.25) is 0 Å². The largest absolute Gasteiger partial charge is 0.352 e. The Morgan fingerprint density at radius 2 is 1.93 bits per heavy atom. The van der Waals surface area contributed by atoms with Gasteiger partial charge in [-0.2, -0.15) is 0 Å². The molecular weight excluding hydrogens is 176 g/mol. The Labute approximate surface area is 87.4 Å². The average Bonchev–Trinajstić information content (AvgIpc) is 2.14. The molecule has 3 heteroatoms. The number of rotatable bonds is 7. The molecule has 2 atom stereocenters. The fraction of sp³-hybridized carbons (Fsp3) is 0.909. The predicted molar refractivity (Wildman–Crippen MR) is 60.0 cm³/mol. The van der Waals surface area contributed by atoms with Crippen LogP contribution < -0.4 is 11.1 Å². The van der Waals surface area contributed by atoms with Crippen molar-refractivity contribution in [2.75, 3.05) is 0 Å². The molecule has 0 radical (unpaired) electrons. The van der Waals surface area contributed by atoms with Gasteiger partial charge in [-0.25, -0.2) is 0 Å². The van der Waals surface area contributed by atoms with Crippen LogP contribution in [-0.2, 0) is 4.79 Å². The van der Waals surface area contributed by atoms with E-state index in [2.05, 4.69) is 19.2 Å². The number of unbranched alkanes of at least 4 members (excludes halogenated alkanes) is 1. The Hall–Kier alpha value is -0.570. The minimum absolute atomic E-state index is 0.000556. The Kier molecular flexibility index (Phi) is 7.48. The molecule has 84 valence electrons. The maximum atomic E-state index is 11.5. The first kappa shape index (κ1) is 13.4. The summed E-state index contributed by atoms with van der Waals surface area (Å²) in [5.74, 6) is -0.000556. The summed E-state index contributed by atoms with van der Waals surface area (Å²) in [6.07, 6.45) is 5.02. The van der Waals surface area contributed by atoms with Gasteiger partial charge >= 0.3 is 0 Å². The van der Waals surface area contributed by atoms with Gasteiger partial charge in [-0.15, -0.1) is 0 Å². The normalized spacial score (nSPS) is 14.9. The number of nitrogens with two attached hydrogens (primary N) is 1. The van der Waals surface area contributed by atoms with Gasteiger partial charge in [0.25, 0.3) is 0 Å². The molecular formula is C11H24N2O. The van der Waals surface area contributed by atoms with Crippen molar-refractivity contribution in [1.82, 2.24) is 5.32 Å². The summed E-state index contributed by atoms with van der Waals surface area (Å²) in [7, 11) is 0. The lowest BCUT2D eigenvalue weighted by atomic mass is 10.1. The van der Waals surface area contributed by atoms with Crippen LogP contribution in [0.25, 0.3) is 0 Å². The Balaban J connectivity index is 3.71. The molecule has 0 spiro atoms. The molecule has 0 bridgehead atoms. The smallest absolute Gasteiger partial charge is 0.237 e. The topological polar surface area (TPSA) is 55.1 Å². The summed E-state index contributed by atoms with van der Waals surface area (Å²) in [5, 5.41) is 2.93. The first-order chi connectivity index (χ1) is 6.61. The third kappa shape index (κ3) is 5.97. The van der Waals surface area contributed by atoms with E-state index in [0.717, 1.165) is 32.1 Å². The van der Waals surface area contributed by atoms with Crippen LogP contribution in [0.15, 0.2) is 0 Å². The van der Waals surface area contributed by atoms with E-state index in [1.54, 1.807) is 0 Å². The quantitative estimate of drug-likeness (QED) is 0.658. The molecule has 3 nitrogen and oxygen atoms in total. The Morgan fingerprint density at radius 3 is 2.43 bits per heavy atom. The minimum Gasteiger partial charge on any atom is -0.352 e. The molecule has 0 heterocycles. The molecule has 3 N–H and O–H groups in total. The molecule has 0 fully saturated rings. The number of carbonyl (C=O) groups excluding carboxylic acids is 1. The number of nitrogens with one attached hydrogen (secondary N) is 1. The maximum Gasteiger partial charge on any atom is 0.237 e. The van der Waals surface area contributed by atoms with Crippen molar-refractivity contribution in [2.24, 2.45) is 5.73 Å². The molecule has 0 aliphatic carbocycles. The monoisotopic (exact) mass is 200 g/mol. The van der Waals surface area contributed by atoms with Crippen LogP contribution in [-0.4, -0.2) is 18.0 Å². The number of carbonyl (C=O) groups is 1. The third-order valence-electron chi connectivity index (χ3n) is 2.32. The molecule has 1 amide bonds. The van der Waals surface area contributed by atoms with E-state index in [-0.39, 0.29) is 18.0 Å². The van der Waals surface area contributed by atoms with Gasteiger partial charge in [-0.05, 0) is 19.8 Å². The Bertz CT molecular complexity index is 159. The summed E-state index contributed by atoms with van der Waals surface area (Å²) >= 11 is 0. The van der Waals surface area contributed by atoms with Gasteiger partial charge in [0, 0.05) is 6.04 Å². The van der Waals surface area contributed by atoms with E-state index in [0.29, 0.717) is 0 Å². The van der Waals surface area contributed by atoms with E-state index < -0.39 is 0 Å². The van der Waals surface area contributed by atoms with Crippen LogP contribution in [0.1, 0.15) is 52.9 Å². The fourth-order valence-corrected chi connectivity index (χ4v) is 1.41. The SMILES string of the molecule is CCCC[C@H](N)C(=O)NC(C)CCC. The van der Waals surface area contributed by atoms with Crippen molar-refractivity contribution in [3.63, 3.8) is 0 Å². The third-order valence-corrected chi connectivity index (χ3v) is 2.32. The van der Waals surface area contributed by atoms with E-state index >= 15 is 0 Å². The molecule has 0 saturated carbocycles. The molecule has 0 rings (SSSR count). The van der Waals surface area contributed by atoms with Gasteiger partial charge < -0.3 is 11.1 Å². The average molecular weight is 200 g/mol. The lowest BCUT2D eigenvalue weighted by Gasteiger charge is -2.16. The van der Waals surface area contributed by atoms with Crippen LogP contribution in [0, 0.1) is 0 Å². The van der Waals surface area contributed by atoms with Gasteiger partial charge in [0.05, 0.1) is 6.04 Å². The van der Waals surface area contributed by atoms with Crippen LogP contribution in [0.3, 0.4) is 0 Å². The highest BCUT2D eigenvalue weighted by Gasteiger charge is 2.14. The first-order valence-electron chi connectivity index (χ1n) is 5.67. The van der Waals surface area contributed by atoms with E-state index in [1.165, 1.54) is 0 Å². The van der Waals surface area contributed by atoms with Crippen LogP contribution in [0.5, 0.6) is 0 Å². The maximum absolute atomic E-state index is 11.5. The van der Waals surface area contributed by atoms with Crippen molar-refractivity contribution in [1.29, 1.82) is 0 Å². The van der Waals surface area contributed by atoms with Crippen molar-refractivity contribution >= 4 is 5.91 Å². The van der Waals surface area contributed by atoms with Crippen molar-refractivity contribution < 1.29 is 4.79 Å². The molecule has 0 aromatic rings. The summed E-state index contributed by atoms with van der Waals surface area (Å²) in [5.41, 5.74) is 5.74. The van der Waals surface area contributed by atoms with E-state index in [1.807, 2.05) is 6.92 Å². The van der Waals surface area contributed by atoms with Gasteiger partial charge in [-0.3, -0.25) is 4.79 Å². The first-order valence-corrected chi connectivity index (χ1v) is 5.67. The summed E-state index contributed by atoms with van der Waals surface area (Å²) in [4.78, 5) is 11.5. The molecule has 1 unspecified atom stereocenters. The molecule has 14 heavy (non-hydrogen) atoms. The molecule has 0 aliphatic heterocycles.